The lowest BCUT2D eigenvalue weighted by atomic mass is 10.1. The van der Waals surface area contributed by atoms with Crippen LogP contribution in [-0.4, -0.2) is 37.7 Å². The Balaban J connectivity index is 1.91. The third-order valence-corrected chi connectivity index (χ3v) is 5.56. The number of ether oxygens (including phenoxy) is 1. The summed E-state index contributed by atoms with van der Waals surface area (Å²) in [6.45, 7) is 2.71. The topological polar surface area (TPSA) is 72.6 Å². The predicted octanol–water partition coefficient (Wildman–Crippen LogP) is 1.85. The smallest absolute Gasteiger partial charge is 0.217 e. The second-order valence-electron chi connectivity index (χ2n) is 5.16. The monoisotopic (exact) mass is 298 g/mol. The van der Waals surface area contributed by atoms with E-state index in [2.05, 4.69) is 0 Å². The summed E-state index contributed by atoms with van der Waals surface area (Å²) >= 11 is 0. The summed E-state index contributed by atoms with van der Waals surface area (Å²) in [6, 6.07) is 7.19. The van der Waals surface area contributed by atoms with Gasteiger partial charge in [0.1, 0.15) is 12.4 Å². The van der Waals surface area contributed by atoms with Crippen molar-refractivity contribution < 1.29 is 13.2 Å². The van der Waals surface area contributed by atoms with Crippen molar-refractivity contribution in [3.05, 3.63) is 24.3 Å². The van der Waals surface area contributed by atoms with Crippen molar-refractivity contribution in [1.29, 1.82) is 0 Å². The van der Waals surface area contributed by atoms with Gasteiger partial charge in [0.2, 0.25) is 10.0 Å². The first-order valence-electron chi connectivity index (χ1n) is 6.97. The predicted molar refractivity (Wildman–Crippen MR) is 80.2 cm³/mol. The minimum Gasteiger partial charge on any atom is -0.490 e. The van der Waals surface area contributed by atoms with Crippen LogP contribution in [0.2, 0.25) is 0 Å². The average Bonchev–Trinajstić information content (AvgIpc) is 2.41. The number of nitrogens with zero attached hydrogens (tertiary/aromatic N) is 1. The molecule has 1 aromatic carbocycles. The molecule has 1 atom stereocenters. The van der Waals surface area contributed by atoms with Gasteiger partial charge >= 0.3 is 0 Å². The van der Waals surface area contributed by atoms with E-state index in [-0.39, 0.29) is 18.4 Å². The van der Waals surface area contributed by atoms with E-state index in [4.69, 9.17) is 10.5 Å². The van der Waals surface area contributed by atoms with Crippen LogP contribution in [0.5, 0.6) is 5.75 Å². The first-order chi connectivity index (χ1) is 9.50. The molecule has 2 rings (SSSR count). The summed E-state index contributed by atoms with van der Waals surface area (Å²) in [5, 5.41) is 0. The highest BCUT2D eigenvalue weighted by molar-refractivity contribution is 7.89. The molecule has 0 aliphatic carbocycles. The van der Waals surface area contributed by atoms with Crippen LogP contribution in [0.1, 0.15) is 26.2 Å². The van der Waals surface area contributed by atoms with Crippen LogP contribution in [0.3, 0.4) is 0 Å². The SMILES string of the molecule is CC1CCCCN1S(=O)(=O)CCOc1ccccc1N. The second kappa shape index (κ2) is 6.45. The molecule has 0 saturated carbocycles. The van der Waals surface area contributed by atoms with Crippen molar-refractivity contribution in [3.63, 3.8) is 0 Å². The fourth-order valence-corrected chi connectivity index (χ4v) is 4.06. The van der Waals surface area contributed by atoms with E-state index in [1.54, 1.807) is 16.4 Å². The van der Waals surface area contributed by atoms with Gasteiger partial charge in [-0.05, 0) is 31.9 Å². The van der Waals surface area contributed by atoms with Crippen LogP contribution >= 0.6 is 0 Å². The average molecular weight is 298 g/mol. The Morgan fingerprint density at radius 3 is 2.80 bits per heavy atom. The third-order valence-electron chi connectivity index (χ3n) is 3.62. The van der Waals surface area contributed by atoms with Gasteiger partial charge in [0, 0.05) is 12.6 Å². The van der Waals surface area contributed by atoms with Gasteiger partial charge < -0.3 is 10.5 Å². The van der Waals surface area contributed by atoms with Gasteiger partial charge in [-0.25, -0.2) is 8.42 Å². The molecule has 1 saturated heterocycles. The minimum absolute atomic E-state index is 0.00826. The van der Waals surface area contributed by atoms with Gasteiger partial charge in [-0.3, -0.25) is 0 Å². The Hall–Kier alpha value is -1.27. The van der Waals surface area contributed by atoms with Gasteiger partial charge in [0.25, 0.3) is 0 Å². The number of piperidine rings is 1. The molecule has 0 aromatic heterocycles. The molecule has 5 nitrogen and oxygen atoms in total. The molecule has 1 aliphatic rings. The first kappa shape index (κ1) is 15.1. The molecule has 1 fully saturated rings. The number of hydrogen-bond donors (Lipinski definition) is 1. The van der Waals surface area contributed by atoms with Crippen molar-refractivity contribution in [2.75, 3.05) is 24.6 Å². The normalized spacial score (nSPS) is 20.8. The molecule has 0 radical (unpaired) electrons. The zero-order valence-electron chi connectivity index (χ0n) is 11.8. The molecule has 20 heavy (non-hydrogen) atoms. The van der Waals surface area contributed by atoms with Gasteiger partial charge in [-0.2, -0.15) is 4.31 Å². The Kier molecular flexibility index (Phi) is 4.88. The summed E-state index contributed by atoms with van der Waals surface area (Å²) in [7, 11) is -3.25. The van der Waals surface area contributed by atoms with Crippen molar-refractivity contribution in [2.45, 2.75) is 32.2 Å². The number of hydrogen-bond acceptors (Lipinski definition) is 4. The Labute approximate surface area is 120 Å². The Morgan fingerprint density at radius 1 is 1.35 bits per heavy atom. The van der Waals surface area contributed by atoms with E-state index < -0.39 is 10.0 Å². The number of para-hydroxylation sites is 2. The molecule has 0 amide bonds. The van der Waals surface area contributed by atoms with E-state index in [1.165, 1.54) is 0 Å². The maximum absolute atomic E-state index is 12.3. The van der Waals surface area contributed by atoms with Crippen molar-refractivity contribution in [2.24, 2.45) is 0 Å². The van der Waals surface area contributed by atoms with Crippen molar-refractivity contribution in [3.8, 4) is 5.75 Å². The molecule has 1 unspecified atom stereocenters. The van der Waals surface area contributed by atoms with Crippen LogP contribution in [0.25, 0.3) is 0 Å². The summed E-state index contributed by atoms with van der Waals surface area (Å²) in [5.41, 5.74) is 6.27. The van der Waals surface area contributed by atoms with Crippen LogP contribution in [0.4, 0.5) is 5.69 Å². The second-order valence-corrected chi connectivity index (χ2v) is 7.20. The minimum atomic E-state index is -3.25. The number of nitrogen functional groups attached to an aromatic ring is 1. The molecule has 1 heterocycles. The Morgan fingerprint density at radius 2 is 2.10 bits per heavy atom. The molecular formula is C14H22N2O3S. The molecule has 1 aromatic rings. The largest absolute Gasteiger partial charge is 0.490 e. The highest BCUT2D eigenvalue weighted by atomic mass is 32.2. The van der Waals surface area contributed by atoms with Gasteiger partial charge in [0.05, 0.1) is 11.4 Å². The van der Waals surface area contributed by atoms with E-state index in [1.807, 2.05) is 19.1 Å². The van der Waals surface area contributed by atoms with Crippen molar-refractivity contribution >= 4 is 15.7 Å². The van der Waals surface area contributed by atoms with E-state index in [9.17, 15) is 8.42 Å². The quantitative estimate of drug-likeness (QED) is 0.842. The molecule has 0 bridgehead atoms. The number of anilines is 1. The Bertz CT molecular complexity index is 545. The highest BCUT2D eigenvalue weighted by Gasteiger charge is 2.29. The fraction of sp³-hybridized carbons (Fsp3) is 0.571. The molecule has 0 spiro atoms. The van der Waals surface area contributed by atoms with E-state index in [0.29, 0.717) is 18.0 Å². The summed E-state index contributed by atoms with van der Waals surface area (Å²) in [4.78, 5) is 0. The molecule has 2 N–H and O–H groups in total. The fourth-order valence-electron chi connectivity index (χ4n) is 2.47. The number of benzene rings is 1. The number of rotatable bonds is 5. The lowest BCUT2D eigenvalue weighted by Crippen LogP contribution is -2.43. The molecule has 112 valence electrons. The zero-order chi connectivity index (χ0) is 14.6. The van der Waals surface area contributed by atoms with Crippen molar-refractivity contribution in [1.82, 2.24) is 4.31 Å². The molecular weight excluding hydrogens is 276 g/mol. The zero-order valence-corrected chi connectivity index (χ0v) is 12.6. The van der Waals surface area contributed by atoms with E-state index in [0.717, 1.165) is 19.3 Å². The van der Waals surface area contributed by atoms with Crippen LogP contribution in [0, 0.1) is 0 Å². The summed E-state index contributed by atoms with van der Waals surface area (Å²) in [5.74, 6) is 0.528. The molecule has 1 aliphatic heterocycles. The van der Waals surface area contributed by atoms with Gasteiger partial charge in [-0.1, -0.05) is 18.6 Å². The first-order valence-corrected chi connectivity index (χ1v) is 8.58. The standard InChI is InChI=1S/C14H22N2O3S/c1-12-6-4-5-9-16(12)20(17,18)11-10-19-14-8-3-2-7-13(14)15/h2-3,7-8,12H,4-6,9-11,15H2,1H3. The maximum Gasteiger partial charge on any atom is 0.217 e. The molecule has 6 heteroatoms. The summed E-state index contributed by atoms with van der Waals surface area (Å²) in [6.07, 6.45) is 2.98. The highest BCUT2D eigenvalue weighted by Crippen LogP contribution is 2.22. The van der Waals surface area contributed by atoms with Crippen LogP contribution in [-0.2, 0) is 10.0 Å². The number of nitrogens with two attached hydrogens (primary N) is 1. The van der Waals surface area contributed by atoms with E-state index >= 15 is 0 Å². The van der Waals surface area contributed by atoms with Crippen LogP contribution in [0.15, 0.2) is 24.3 Å². The lowest BCUT2D eigenvalue weighted by molar-refractivity contribution is 0.264. The number of sulfonamides is 1. The van der Waals surface area contributed by atoms with Gasteiger partial charge in [0.15, 0.2) is 0 Å². The third kappa shape index (κ3) is 3.64. The lowest BCUT2D eigenvalue weighted by Gasteiger charge is -2.32. The van der Waals surface area contributed by atoms with Crippen LogP contribution < -0.4 is 10.5 Å². The van der Waals surface area contributed by atoms with Gasteiger partial charge in [-0.15, -0.1) is 0 Å². The maximum atomic E-state index is 12.3. The summed E-state index contributed by atoms with van der Waals surface area (Å²) < 4.78 is 31.6.